The number of aliphatic imine (C=N–C) groups is 1. The molecule has 2 aromatic carbocycles. The van der Waals surface area contributed by atoms with E-state index in [0.717, 1.165) is 30.4 Å². The third kappa shape index (κ3) is 3.87. The summed E-state index contributed by atoms with van der Waals surface area (Å²) in [7, 11) is 0. The SMILES string of the molecule is Cc1ccc(NC(=S)N2CCN=C2Nc2ccc(C)cc2)cc1. The quantitative estimate of drug-likeness (QED) is 0.825. The van der Waals surface area contributed by atoms with E-state index in [9.17, 15) is 0 Å². The van der Waals surface area contributed by atoms with E-state index in [4.69, 9.17) is 12.2 Å². The van der Waals surface area contributed by atoms with Crippen molar-refractivity contribution < 1.29 is 0 Å². The number of hydrogen-bond donors (Lipinski definition) is 2. The summed E-state index contributed by atoms with van der Waals surface area (Å²) < 4.78 is 0. The standard InChI is InChI=1S/C18H20N4S/c1-13-3-7-15(8-4-13)20-17-19-11-12-22(17)18(23)21-16-9-5-14(2)6-10-16/h3-10H,11-12H2,1-2H3,(H,19,20)(H,21,23). The van der Waals surface area contributed by atoms with E-state index in [1.807, 2.05) is 29.2 Å². The van der Waals surface area contributed by atoms with Crippen LogP contribution in [-0.2, 0) is 0 Å². The first-order chi connectivity index (χ1) is 11.1. The van der Waals surface area contributed by atoms with Gasteiger partial charge in [0.15, 0.2) is 5.11 Å². The molecule has 0 radical (unpaired) electrons. The first-order valence-electron chi connectivity index (χ1n) is 7.65. The van der Waals surface area contributed by atoms with Gasteiger partial charge >= 0.3 is 0 Å². The number of benzene rings is 2. The van der Waals surface area contributed by atoms with Crippen molar-refractivity contribution in [2.75, 3.05) is 23.7 Å². The Bertz CT molecular complexity index is 720. The van der Waals surface area contributed by atoms with Gasteiger partial charge in [-0.2, -0.15) is 0 Å². The molecule has 3 rings (SSSR count). The number of thiocarbonyl (C=S) groups is 1. The summed E-state index contributed by atoms with van der Waals surface area (Å²) >= 11 is 5.54. The fraction of sp³-hybridized carbons (Fsp3) is 0.222. The Labute approximate surface area is 142 Å². The molecule has 1 aliphatic rings. The summed E-state index contributed by atoms with van der Waals surface area (Å²) in [5.74, 6) is 0.790. The van der Waals surface area contributed by atoms with Crippen molar-refractivity contribution in [3.63, 3.8) is 0 Å². The highest BCUT2D eigenvalue weighted by Crippen LogP contribution is 2.14. The van der Waals surface area contributed by atoms with Gasteiger partial charge in [-0.05, 0) is 50.3 Å². The van der Waals surface area contributed by atoms with Gasteiger partial charge in [-0.25, -0.2) is 0 Å². The second-order valence-corrected chi connectivity index (χ2v) is 6.03. The highest BCUT2D eigenvalue weighted by Gasteiger charge is 2.21. The maximum Gasteiger partial charge on any atom is 0.204 e. The Balaban J connectivity index is 1.66. The lowest BCUT2D eigenvalue weighted by molar-refractivity contribution is 0.674. The van der Waals surface area contributed by atoms with Crippen LogP contribution in [-0.4, -0.2) is 29.1 Å². The molecule has 2 N–H and O–H groups in total. The average molecular weight is 324 g/mol. The molecule has 2 aromatic rings. The molecule has 118 valence electrons. The van der Waals surface area contributed by atoms with Gasteiger partial charge in [0.1, 0.15) is 0 Å². The van der Waals surface area contributed by atoms with E-state index in [0.29, 0.717) is 5.11 Å². The lowest BCUT2D eigenvalue weighted by atomic mass is 10.2. The van der Waals surface area contributed by atoms with Crippen LogP contribution in [0.2, 0.25) is 0 Å². The smallest absolute Gasteiger partial charge is 0.204 e. The molecule has 0 fully saturated rings. The molecule has 0 atom stereocenters. The largest absolute Gasteiger partial charge is 0.332 e. The van der Waals surface area contributed by atoms with Gasteiger partial charge in [0, 0.05) is 17.9 Å². The van der Waals surface area contributed by atoms with Crippen molar-refractivity contribution in [3.8, 4) is 0 Å². The van der Waals surface area contributed by atoms with E-state index in [1.165, 1.54) is 11.1 Å². The predicted octanol–water partition coefficient (Wildman–Crippen LogP) is 3.78. The number of rotatable bonds is 2. The normalized spacial score (nSPS) is 13.7. The Morgan fingerprint density at radius 1 is 0.957 bits per heavy atom. The minimum atomic E-state index is 0.657. The van der Waals surface area contributed by atoms with Crippen LogP contribution in [0.25, 0.3) is 0 Å². The van der Waals surface area contributed by atoms with Gasteiger partial charge in [-0.1, -0.05) is 35.4 Å². The van der Waals surface area contributed by atoms with Crippen molar-refractivity contribution in [3.05, 3.63) is 59.7 Å². The van der Waals surface area contributed by atoms with Gasteiger partial charge < -0.3 is 10.6 Å². The molecule has 1 heterocycles. The monoisotopic (exact) mass is 324 g/mol. The van der Waals surface area contributed by atoms with Crippen LogP contribution in [0, 0.1) is 13.8 Å². The summed E-state index contributed by atoms with van der Waals surface area (Å²) in [6, 6.07) is 16.4. The average Bonchev–Trinajstić information content (AvgIpc) is 3.00. The topological polar surface area (TPSA) is 39.7 Å². The first kappa shape index (κ1) is 15.5. The number of aryl methyl sites for hydroxylation is 2. The summed E-state index contributed by atoms with van der Waals surface area (Å²) in [4.78, 5) is 6.51. The molecule has 0 bridgehead atoms. The Morgan fingerprint density at radius 2 is 1.52 bits per heavy atom. The molecular formula is C18H20N4S. The lowest BCUT2D eigenvalue weighted by Crippen LogP contribution is -2.40. The zero-order valence-corrected chi connectivity index (χ0v) is 14.2. The van der Waals surface area contributed by atoms with Crippen molar-refractivity contribution in [1.29, 1.82) is 0 Å². The Hall–Kier alpha value is -2.40. The second kappa shape index (κ2) is 6.79. The molecule has 5 heteroatoms. The van der Waals surface area contributed by atoms with Crippen molar-refractivity contribution >= 4 is 34.7 Å². The van der Waals surface area contributed by atoms with Crippen LogP contribution in [0.5, 0.6) is 0 Å². The van der Waals surface area contributed by atoms with Gasteiger partial charge in [0.25, 0.3) is 0 Å². The maximum atomic E-state index is 5.54. The van der Waals surface area contributed by atoms with Crippen LogP contribution in [0.15, 0.2) is 53.5 Å². The lowest BCUT2D eigenvalue weighted by Gasteiger charge is -2.22. The van der Waals surface area contributed by atoms with Crippen molar-refractivity contribution in [2.45, 2.75) is 13.8 Å². The highest BCUT2D eigenvalue weighted by molar-refractivity contribution is 7.80. The maximum absolute atomic E-state index is 5.54. The zero-order valence-electron chi connectivity index (χ0n) is 13.3. The van der Waals surface area contributed by atoms with E-state index >= 15 is 0 Å². The van der Waals surface area contributed by atoms with Gasteiger partial charge in [0.05, 0.1) is 6.54 Å². The van der Waals surface area contributed by atoms with Crippen LogP contribution < -0.4 is 10.6 Å². The van der Waals surface area contributed by atoms with Crippen LogP contribution in [0.3, 0.4) is 0 Å². The van der Waals surface area contributed by atoms with E-state index < -0.39 is 0 Å². The minimum absolute atomic E-state index is 0.657. The molecule has 4 nitrogen and oxygen atoms in total. The summed E-state index contributed by atoms with van der Waals surface area (Å²) in [6.07, 6.45) is 0. The summed E-state index contributed by atoms with van der Waals surface area (Å²) in [5, 5.41) is 7.27. The van der Waals surface area contributed by atoms with E-state index in [1.54, 1.807) is 0 Å². The van der Waals surface area contributed by atoms with Crippen molar-refractivity contribution in [1.82, 2.24) is 4.90 Å². The van der Waals surface area contributed by atoms with Crippen molar-refractivity contribution in [2.24, 2.45) is 4.99 Å². The number of nitrogens with one attached hydrogen (secondary N) is 2. The molecule has 0 amide bonds. The molecule has 23 heavy (non-hydrogen) atoms. The number of anilines is 2. The second-order valence-electron chi connectivity index (χ2n) is 5.64. The van der Waals surface area contributed by atoms with Gasteiger partial charge in [-0.15, -0.1) is 0 Å². The molecule has 1 aliphatic heterocycles. The van der Waals surface area contributed by atoms with Crippen LogP contribution in [0.4, 0.5) is 11.4 Å². The predicted molar refractivity (Wildman–Crippen MR) is 101 cm³/mol. The number of nitrogens with zero attached hydrogens (tertiary/aromatic N) is 2. The molecule has 0 spiro atoms. The Kier molecular flexibility index (Phi) is 4.57. The number of hydrogen-bond acceptors (Lipinski definition) is 3. The molecule has 0 saturated heterocycles. The summed E-state index contributed by atoms with van der Waals surface area (Å²) in [6.45, 7) is 5.67. The molecule has 0 saturated carbocycles. The molecule has 0 aromatic heterocycles. The summed E-state index contributed by atoms with van der Waals surface area (Å²) in [5.41, 5.74) is 4.46. The molecule has 0 unspecified atom stereocenters. The Morgan fingerprint density at radius 3 is 2.13 bits per heavy atom. The fourth-order valence-electron chi connectivity index (χ4n) is 2.35. The molecule has 0 aliphatic carbocycles. The van der Waals surface area contributed by atoms with E-state index in [-0.39, 0.29) is 0 Å². The van der Waals surface area contributed by atoms with Gasteiger partial charge in [0.2, 0.25) is 5.96 Å². The van der Waals surface area contributed by atoms with Crippen LogP contribution >= 0.6 is 12.2 Å². The first-order valence-corrected chi connectivity index (χ1v) is 8.06. The minimum Gasteiger partial charge on any atom is -0.332 e. The van der Waals surface area contributed by atoms with E-state index in [2.05, 4.69) is 53.7 Å². The number of guanidine groups is 1. The fourth-order valence-corrected chi connectivity index (χ4v) is 2.64. The third-order valence-electron chi connectivity index (χ3n) is 3.70. The van der Waals surface area contributed by atoms with Gasteiger partial charge in [-0.3, -0.25) is 9.89 Å². The van der Waals surface area contributed by atoms with Crippen LogP contribution in [0.1, 0.15) is 11.1 Å². The molecular weight excluding hydrogens is 304 g/mol. The third-order valence-corrected chi connectivity index (χ3v) is 4.02. The zero-order chi connectivity index (χ0) is 16.2. The highest BCUT2D eigenvalue weighted by atomic mass is 32.1.